The molecule has 0 aliphatic rings. The van der Waals surface area contributed by atoms with Crippen LogP contribution in [0.2, 0.25) is 0 Å². The van der Waals surface area contributed by atoms with Crippen molar-refractivity contribution >= 4 is 37.7 Å². The Balaban J connectivity index is -0.00000000500. The molecule has 0 aliphatic carbocycles. The Morgan fingerprint density at radius 1 is 1.00 bits per heavy atom. The van der Waals surface area contributed by atoms with E-state index in [0.29, 0.717) is 0 Å². The molecule has 1 radical (unpaired) electrons. The van der Waals surface area contributed by atoms with Crippen LogP contribution < -0.4 is 0 Å². The predicted octanol–water partition coefficient (Wildman–Crippen LogP) is -0.457. The third-order valence-corrected chi connectivity index (χ3v) is 0. The van der Waals surface area contributed by atoms with Crippen LogP contribution in [0, 0.1) is 6.92 Å². The molecule has 2 heteroatoms. The number of hydrogen-bond acceptors (Lipinski definition) is 0. The molecule has 0 aliphatic heterocycles. The van der Waals surface area contributed by atoms with Crippen LogP contribution in [-0.2, 0) is 0 Å². The quantitative estimate of drug-likeness (QED) is 0.323. The Labute approximate surface area is 51.7 Å². The van der Waals surface area contributed by atoms with Gasteiger partial charge in [0.1, 0.15) is 0 Å². The zero-order chi connectivity index (χ0) is 2.00. The summed E-state index contributed by atoms with van der Waals surface area (Å²) in [6.07, 6.45) is 0. The molecule has 0 aromatic rings. The van der Waals surface area contributed by atoms with Gasteiger partial charge in [0.05, 0.1) is 0 Å². The fourth-order valence-electron chi connectivity index (χ4n) is 0. The maximum atomic E-state index is 3.25. The summed E-state index contributed by atoms with van der Waals surface area (Å²) in [7, 11) is 0. The fourth-order valence-corrected chi connectivity index (χ4v) is 0. The van der Waals surface area contributed by atoms with Gasteiger partial charge in [-0.05, 0) is 0 Å². The third kappa shape index (κ3) is 10.8. The molecule has 0 atom stereocenters. The molecule has 0 aromatic carbocycles. The summed E-state index contributed by atoms with van der Waals surface area (Å²) in [6.45, 7) is 5.00. The summed E-state index contributed by atoms with van der Waals surface area (Å²) in [6, 6.07) is 0. The zero-order valence-corrected chi connectivity index (χ0v) is 1.71. The van der Waals surface area contributed by atoms with Gasteiger partial charge in [-0.3, -0.25) is 0 Å². The van der Waals surface area contributed by atoms with Crippen LogP contribution in [0.4, 0.5) is 0 Å². The van der Waals surface area contributed by atoms with Gasteiger partial charge >= 0.3 is 37.7 Å². The van der Waals surface area contributed by atoms with Crippen molar-refractivity contribution in [2.45, 2.75) is 6.92 Å². The van der Waals surface area contributed by atoms with E-state index in [1.807, 2.05) is 0 Å². The van der Waals surface area contributed by atoms with Crippen LogP contribution in [0.1, 0.15) is 6.92 Å². The van der Waals surface area contributed by atoms with Gasteiger partial charge < -0.3 is 0 Å². The van der Waals surface area contributed by atoms with E-state index in [9.17, 15) is 0 Å². The Hall–Kier alpha value is 1.19. The average Bonchev–Trinajstić information content (AvgIpc) is 1.00. The summed E-state index contributed by atoms with van der Waals surface area (Å²) in [5.41, 5.74) is 0. The van der Waals surface area contributed by atoms with Gasteiger partial charge in [-0.25, -0.2) is 0 Å². The number of hydrogen-bond donors (Lipinski definition) is 0. The Morgan fingerprint density at radius 2 is 1.00 bits per heavy atom. The molecule has 17 valence electrons. The molecule has 0 N–H and O–H groups in total. The van der Waals surface area contributed by atoms with Crippen LogP contribution >= 0.6 is 0 Å². The molecule has 0 aromatic heterocycles. The molecule has 0 amide bonds. The van der Waals surface area contributed by atoms with Crippen molar-refractivity contribution in [2.75, 3.05) is 0 Å². The van der Waals surface area contributed by atoms with Crippen molar-refractivity contribution in [3.63, 3.8) is 0 Å². The molecule has 0 bridgehead atoms. The second kappa shape index (κ2) is 30.0. The average molecular weight is 45.0 g/mol. The maximum absolute atomic E-state index is 3.25. The van der Waals surface area contributed by atoms with E-state index in [4.69, 9.17) is 0 Å². The summed E-state index contributed by atoms with van der Waals surface area (Å²) in [4.78, 5) is 0. The van der Waals surface area contributed by atoms with Crippen LogP contribution in [0.15, 0.2) is 0 Å². The van der Waals surface area contributed by atoms with Crippen LogP contribution in [-0.4, -0.2) is 37.7 Å². The van der Waals surface area contributed by atoms with Crippen LogP contribution in [0.25, 0.3) is 0 Å². The van der Waals surface area contributed by atoms with Crippen LogP contribution in [0.5, 0.6) is 0 Å². The first-order valence-electron chi connectivity index (χ1n) is 0.707. The first-order valence-corrected chi connectivity index (χ1v) is 0.707. The molecule has 0 fully saturated rings. The van der Waals surface area contributed by atoms with Gasteiger partial charge in [0, 0.05) is 0 Å². The van der Waals surface area contributed by atoms with E-state index in [1.54, 1.807) is 6.92 Å². The first-order chi connectivity index (χ1) is 1.00. The molecule has 0 nitrogen and oxygen atoms in total. The predicted molar refractivity (Wildman–Crippen MR) is 25.3 cm³/mol. The first kappa shape index (κ1) is 19.0. The summed E-state index contributed by atoms with van der Waals surface area (Å²) in [5.74, 6) is 0. The Kier molecular flexibility index (Phi) is 142. The van der Waals surface area contributed by atoms with Crippen LogP contribution in [0.3, 0.4) is 0 Å². The van der Waals surface area contributed by atoms with E-state index in [0.717, 1.165) is 0 Å². The van der Waals surface area contributed by atoms with E-state index < -0.39 is 0 Å². The zero-order valence-electron chi connectivity index (χ0n) is 1.71. The molecule has 0 unspecified atom stereocenters. The van der Waals surface area contributed by atoms with Crippen molar-refractivity contribution in [3.05, 3.63) is 6.92 Å². The molecule has 0 rings (SSSR count). The standard InChI is InChI=1S/C2H5.2Li.2H/c1-2;;;;/h1H2,2H3;;;;. The Morgan fingerprint density at radius 3 is 1.00 bits per heavy atom. The van der Waals surface area contributed by atoms with Gasteiger partial charge in [-0.15, -0.1) is 0 Å². The normalized spacial score (nSPS) is 1.50. The molecular formula is C2H7Li2. The van der Waals surface area contributed by atoms with E-state index in [2.05, 4.69) is 6.92 Å². The second-order valence-corrected chi connectivity index (χ2v) is 0. The molecule has 4 heavy (non-hydrogen) atoms. The van der Waals surface area contributed by atoms with E-state index in [-0.39, 0.29) is 37.7 Å². The third-order valence-electron chi connectivity index (χ3n) is 0. The van der Waals surface area contributed by atoms with E-state index >= 15 is 0 Å². The minimum atomic E-state index is 0. The minimum absolute atomic E-state index is 0. The topological polar surface area (TPSA) is 0 Å². The Bertz CT molecular complexity index is 4.00. The van der Waals surface area contributed by atoms with E-state index in [1.165, 1.54) is 0 Å². The van der Waals surface area contributed by atoms with Crippen molar-refractivity contribution < 1.29 is 0 Å². The second-order valence-electron chi connectivity index (χ2n) is 0. The van der Waals surface area contributed by atoms with Gasteiger partial charge in [0.15, 0.2) is 0 Å². The molecular weight excluding hydrogens is 37.9 g/mol. The summed E-state index contributed by atoms with van der Waals surface area (Å²) >= 11 is 0. The van der Waals surface area contributed by atoms with Gasteiger partial charge in [-0.2, -0.15) is 0 Å². The van der Waals surface area contributed by atoms with Gasteiger partial charge in [0.2, 0.25) is 0 Å². The van der Waals surface area contributed by atoms with Gasteiger partial charge in [-0.1, -0.05) is 13.8 Å². The SMILES string of the molecule is [CH2]C.[LiH].[LiH]. The molecule has 0 spiro atoms. The monoisotopic (exact) mass is 45.1 g/mol. The van der Waals surface area contributed by atoms with Crippen molar-refractivity contribution in [3.8, 4) is 0 Å². The molecule has 0 saturated carbocycles. The van der Waals surface area contributed by atoms with Crippen molar-refractivity contribution in [2.24, 2.45) is 0 Å². The molecule has 0 heterocycles. The van der Waals surface area contributed by atoms with Crippen molar-refractivity contribution in [1.29, 1.82) is 0 Å². The fraction of sp³-hybridized carbons (Fsp3) is 0.500. The van der Waals surface area contributed by atoms with Crippen molar-refractivity contribution in [1.82, 2.24) is 0 Å². The number of rotatable bonds is 0. The summed E-state index contributed by atoms with van der Waals surface area (Å²) < 4.78 is 0. The molecule has 0 saturated heterocycles. The van der Waals surface area contributed by atoms with Gasteiger partial charge in [0.25, 0.3) is 0 Å². The summed E-state index contributed by atoms with van der Waals surface area (Å²) in [5, 5.41) is 0.